The third-order valence-electron chi connectivity index (χ3n) is 3.22. The molecule has 1 aliphatic rings. The normalized spacial score (nSPS) is 12.9. The van der Waals surface area contributed by atoms with Gasteiger partial charge in [-0.2, -0.15) is 0 Å². The Labute approximate surface area is 146 Å². The Morgan fingerprint density at radius 2 is 2.17 bits per heavy atom. The van der Waals surface area contributed by atoms with Gasteiger partial charge >= 0.3 is 5.97 Å². The molecule has 1 aromatic carbocycles. The van der Waals surface area contributed by atoms with Crippen molar-refractivity contribution in [2.75, 3.05) is 17.7 Å². The van der Waals surface area contributed by atoms with E-state index in [9.17, 15) is 14.4 Å². The van der Waals surface area contributed by atoms with Crippen LogP contribution in [0.25, 0.3) is 0 Å². The first kappa shape index (κ1) is 16.5. The SMILES string of the molecule is O=C(COC(=O)c1ccc2c(c1)NC(=O)CS2)NCc1cccs1. The Morgan fingerprint density at radius 3 is 2.96 bits per heavy atom. The van der Waals surface area contributed by atoms with Gasteiger partial charge in [0.1, 0.15) is 0 Å². The average molecular weight is 362 g/mol. The highest BCUT2D eigenvalue weighted by Crippen LogP contribution is 2.32. The lowest BCUT2D eigenvalue weighted by Gasteiger charge is -2.16. The van der Waals surface area contributed by atoms with Crippen LogP contribution in [0.2, 0.25) is 0 Å². The van der Waals surface area contributed by atoms with E-state index < -0.39 is 5.97 Å². The lowest BCUT2D eigenvalue weighted by molar-refractivity contribution is -0.124. The minimum absolute atomic E-state index is 0.106. The van der Waals surface area contributed by atoms with Gasteiger partial charge in [0.15, 0.2) is 6.61 Å². The first-order chi connectivity index (χ1) is 11.6. The molecule has 0 fully saturated rings. The highest BCUT2D eigenvalue weighted by atomic mass is 32.2. The fourth-order valence-electron chi connectivity index (χ4n) is 2.07. The van der Waals surface area contributed by atoms with Gasteiger partial charge in [-0.05, 0) is 29.6 Å². The largest absolute Gasteiger partial charge is 0.452 e. The monoisotopic (exact) mass is 362 g/mol. The summed E-state index contributed by atoms with van der Waals surface area (Å²) in [5.41, 5.74) is 0.885. The van der Waals surface area contributed by atoms with Gasteiger partial charge in [0, 0.05) is 9.77 Å². The van der Waals surface area contributed by atoms with E-state index in [0.29, 0.717) is 23.5 Å². The predicted molar refractivity (Wildman–Crippen MR) is 92.2 cm³/mol. The lowest BCUT2D eigenvalue weighted by Crippen LogP contribution is -2.28. The van der Waals surface area contributed by atoms with Gasteiger partial charge in [0.05, 0.1) is 23.5 Å². The first-order valence-corrected chi connectivity index (χ1v) is 9.01. The van der Waals surface area contributed by atoms with Crippen LogP contribution in [0.4, 0.5) is 5.69 Å². The van der Waals surface area contributed by atoms with E-state index in [-0.39, 0.29) is 18.4 Å². The number of benzene rings is 1. The maximum atomic E-state index is 12.0. The summed E-state index contributed by atoms with van der Waals surface area (Å²) >= 11 is 2.95. The quantitative estimate of drug-likeness (QED) is 0.797. The summed E-state index contributed by atoms with van der Waals surface area (Å²) in [6, 6.07) is 8.75. The molecular weight excluding hydrogens is 348 g/mol. The molecular formula is C16H14N2O4S2. The summed E-state index contributed by atoms with van der Waals surface area (Å²) in [5.74, 6) is -0.709. The van der Waals surface area contributed by atoms with Crippen LogP contribution >= 0.6 is 23.1 Å². The average Bonchev–Trinajstić information content (AvgIpc) is 3.10. The molecule has 2 N–H and O–H groups in total. The first-order valence-electron chi connectivity index (χ1n) is 7.15. The summed E-state index contributed by atoms with van der Waals surface area (Å²) in [6.07, 6.45) is 0. The number of hydrogen-bond acceptors (Lipinski definition) is 6. The summed E-state index contributed by atoms with van der Waals surface area (Å²) in [5, 5.41) is 7.32. The highest BCUT2D eigenvalue weighted by molar-refractivity contribution is 8.00. The molecule has 0 bridgehead atoms. The molecule has 0 atom stereocenters. The van der Waals surface area contributed by atoms with E-state index in [2.05, 4.69) is 10.6 Å². The van der Waals surface area contributed by atoms with Crippen LogP contribution in [-0.2, 0) is 20.9 Å². The molecule has 2 amide bonds. The molecule has 124 valence electrons. The van der Waals surface area contributed by atoms with Gasteiger partial charge in [0.25, 0.3) is 5.91 Å². The summed E-state index contributed by atoms with van der Waals surface area (Å²) < 4.78 is 5.01. The fraction of sp³-hybridized carbons (Fsp3) is 0.188. The molecule has 6 nitrogen and oxygen atoms in total. The number of anilines is 1. The fourth-order valence-corrected chi connectivity index (χ4v) is 3.51. The number of thiophene rings is 1. The second-order valence-corrected chi connectivity index (χ2v) is 7.03. The number of carbonyl (C=O) groups is 3. The van der Waals surface area contributed by atoms with Gasteiger partial charge in [-0.25, -0.2) is 4.79 Å². The second kappa shape index (κ2) is 7.50. The zero-order chi connectivity index (χ0) is 16.9. The molecule has 1 aromatic heterocycles. The van der Waals surface area contributed by atoms with Gasteiger partial charge < -0.3 is 15.4 Å². The summed E-state index contributed by atoms with van der Waals surface area (Å²) in [6.45, 7) is 0.0680. The number of fused-ring (bicyclic) bond motifs is 1. The molecule has 1 aliphatic heterocycles. The number of hydrogen-bond donors (Lipinski definition) is 2. The van der Waals surface area contributed by atoms with Gasteiger partial charge in [-0.3, -0.25) is 9.59 Å². The van der Waals surface area contributed by atoms with Crippen molar-refractivity contribution in [2.45, 2.75) is 11.4 Å². The van der Waals surface area contributed by atoms with Gasteiger partial charge in [-0.1, -0.05) is 6.07 Å². The second-order valence-electron chi connectivity index (χ2n) is 4.98. The van der Waals surface area contributed by atoms with Crippen molar-refractivity contribution in [1.29, 1.82) is 0 Å². The van der Waals surface area contributed by atoms with Gasteiger partial charge in [-0.15, -0.1) is 23.1 Å². The topological polar surface area (TPSA) is 84.5 Å². The maximum Gasteiger partial charge on any atom is 0.338 e. The zero-order valence-electron chi connectivity index (χ0n) is 12.5. The number of esters is 1. The van der Waals surface area contributed by atoms with E-state index in [1.54, 1.807) is 29.5 Å². The van der Waals surface area contributed by atoms with Crippen molar-refractivity contribution >= 4 is 46.6 Å². The summed E-state index contributed by atoms with van der Waals surface area (Å²) in [7, 11) is 0. The number of carbonyl (C=O) groups excluding carboxylic acids is 3. The molecule has 2 heterocycles. The van der Waals surface area contributed by atoms with Crippen LogP contribution in [0, 0.1) is 0 Å². The Bertz CT molecular complexity index is 774. The van der Waals surface area contributed by atoms with Crippen molar-refractivity contribution in [2.24, 2.45) is 0 Å². The van der Waals surface area contributed by atoms with Crippen molar-refractivity contribution in [3.8, 4) is 0 Å². The molecule has 3 rings (SSSR count). The van der Waals surface area contributed by atoms with Crippen LogP contribution in [-0.4, -0.2) is 30.1 Å². The predicted octanol–water partition coefficient (Wildman–Crippen LogP) is 2.27. The molecule has 2 aromatic rings. The Morgan fingerprint density at radius 1 is 1.29 bits per heavy atom. The molecule has 24 heavy (non-hydrogen) atoms. The van der Waals surface area contributed by atoms with Crippen LogP contribution in [0.3, 0.4) is 0 Å². The van der Waals surface area contributed by atoms with Crippen LogP contribution < -0.4 is 10.6 Å². The lowest BCUT2D eigenvalue weighted by atomic mass is 10.2. The van der Waals surface area contributed by atoms with Gasteiger partial charge in [0.2, 0.25) is 5.91 Å². The van der Waals surface area contributed by atoms with E-state index in [0.717, 1.165) is 9.77 Å². The number of ether oxygens (including phenoxy) is 1. The molecule has 0 saturated heterocycles. The molecule has 8 heteroatoms. The Balaban J connectivity index is 1.52. The number of amides is 2. The van der Waals surface area contributed by atoms with Crippen molar-refractivity contribution < 1.29 is 19.1 Å². The Hall–Kier alpha value is -2.32. The standard InChI is InChI=1S/C16H14N2O4S2/c19-14(17-7-11-2-1-5-23-11)8-22-16(21)10-3-4-13-12(6-10)18-15(20)9-24-13/h1-6H,7-9H2,(H,17,19)(H,18,20). The maximum absolute atomic E-state index is 12.0. The van der Waals surface area contributed by atoms with Crippen LogP contribution in [0.5, 0.6) is 0 Å². The summed E-state index contributed by atoms with van der Waals surface area (Å²) in [4.78, 5) is 37.1. The van der Waals surface area contributed by atoms with Crippen molar-refractivity contribution in [3.05, 3.63) is 46.2 Å². The third-order valence-corrected chi connectivity index (χ3v) is 5.17. The highest BCUT2D eigenvalue weighted by Gasteiger charge is 2.18. The van der Waals surface area contributed by atoms with Crippen LogP contribution in [0.1, 0.15) is 15.2 Å². The van der Waals surface area contributed by atoms with Crippen molar-refractivity contribution in [1.82, 2.24) is 5.32 Å². The smallest absolute Gasteiger partial charge is 0.338 e. The number of thioether (sulfide) groups is 1. The minimum atomic E-state index is -0.603. The van der Waals surface area contributed by atoms with E-state index in [4.69, 9.17) is 4.74 Å². The third kappa shape index (κ3) is 4.15. The zero-order valence-corrected chi connectivity index (χ0v) is 14.2. The minimum Gasteiger partial charge on any atom is -0.452 e. The Kier molecular flexibility index (Phi) is 5.17. The van der Waals surface area contributed by atoms with Crippen molar-refractivity contribution in [3.63, 3.8) is 0 Å². The van der Waals surface area contributed by atoms with E-state index in [1.807, 2.05) is 17.5 Å². The molecule has 0 saturated carbocycles. The number of nitrogens with one attached hydrogen (secondary N) is 2. The van der Waals surface area contributed by atoms with E-state index >= 15 is 0 Å². The molecule has 0 radical (unpaired) electrons. The molecule has 0 unspecified atom stereocenters. The molecule has 0 aliphatic carbocycles. The number of rotatable bonds is 5. The molecule has 0 spiro atoms. The van der Waals surface area contributed by atoms with Crippen LogP contribution in [0.15, 0.2) is 40.6 Å². The van der Waals surface area contributed by atoms with E-state index in [1.165, 1.54) is 11.8 Å².